The van der Waals surface area contributed by atoms with Gasteiger partial charge < -0.3 is 13.9 Å². The summed E-state index contributed by atoms with van der Waals surface area (Å²) in [6, 6.07) is 6.73. The standard InChI is InChI=1S/C18H20BrNO7S/c1-12-4-6-14(7-5-12)28(23,24)20(10-17(21)25-2)15(9-19)16-8-13(11-27-16)18(22)26-3/h4-8,11,15H,9-10H2,1-3H3. The summed E-state index contributed by atoms with van der Waals surface area (Å²) in [4.78, 5) is 23.6. The maximum Gasteiger partial charge on any atom is 0.341 e. The highest BCUT2D eigenvalue weighted by Gasteiger charge is 2.36. The van der Waals surface area contributed by atoms with Crippen molar-refractivity contribution in [1.82, 2.24) is 4.31 Å². The fourth-order valence-corrected chi connectivity index (χ4v) is 4.85. The molecule has 2 rings (SSSR count). The van der Waals surface area contributed by atoms with Crippen LogP contribution in [0, 0.1) is 6.92 Å². The van der Waals surface area contributed by atoms with Crippen LogP contribution < -0.4 is 0 Å². The number of halogens is 1. The van der Waals surface area contributed by atoms with E-state index < -0.39 is 34.5 Å². The van der Waals surface area contributed by atoms with Gasteiger partial charge in [-0.1, -0.05) is 33.6 Å². The molecule has 0 fully saturated rings. The van der Waals surface area contributed by atoms with E-state index in [-0.39, 0.29) is 21.5 Å². The van der Waals surface area contributed by atoms with Crippen LogP contribution in [-0.2, 0) is 24.3 Å². The van der Waals surface area contributed by atoms with Crippen LogP contribution >= 0.6 is 15.9 Å². The van der Waals surface area contributed by atoms with Crippen molar-refractivity contribution in [1.29, 1.82) is 0 Å². The van der Waals surface area contributed by atoms with Crippen molar-refractivity contribution in [2.45, 2.75) is 17.9 Å². The zero-order chi connectivity index (χ0) is 20.9. The summed E-state index contributed by atoms with van der Waals surface area (Å²) >= 11 is 3.27. The van der Waals surface area contributed by atoms with E-state index in [0.29, 0.717) is 0 Å². The molecule has 0 aliphatic carbocycles. The molecule has 1 atom stereocenters. The SMILES string of the molecule is COC(=O)CN(C(CBr)c1cc(C(=O)OC)co1)S(=O)(=O)c1ccc(C)cc1. The lowest BCUT2D eigenvalue weighted by molar-refractivity contribution is -0.141. The van der Waals surface area contributed by atoms with Gasteiger partial charge in [0.15, 0.2) is 0 Å². The van der Waals surface area contributed by atoms with Gasteiger partial charge in [0.25, 0.3) is 0 Å². The van der Waals surface area contributed by atoms with Crippen molar-refractivity contribution < 1.29 is 31.9 Å². The fraction of sp³-hybridized carbons (Fsp3) is 0.333. The Morgan fingerprint density at radius 2 is 1.82 bits per heavy atom. The van der Waals surface area contributed by atoms with E-state index in [9.17, 15) is 18.0 Å². The normalized spacial score (nSPS) is 12.6. The number of hydrogen-bond acceptors (Lipinski definition) is 7. The summed E-state index contributed by atoms with van der Waals surface area (Å²) in [7, 11) is -1.68. The molecule has 0 saturated carbocycles. The molecule has 0 amide bonds. The number of ether oxygens (including phenoxy) is 2. The topological polar surface area (TPSA) is 103 Å². The Kier molecular flexibility index (Phi) is 7.39. The molecule has 0 saturated heterocycles. The largest absolute Gasteiger partial charge is 0.468 e. The molecule has 0 N–H and O–H groups in total. The van der Waals surface area contributed by atoms with E-state index >= 15 is 0 Å². The van der Waals surface area contributed by atoms with Gasteiger partial charge in [0.1, 0.15) is 18.6 Å². The Hall–Kier alpha value is -2.17. The summed E-state index contributed by atoms with van der Waals surface area (Å²) in [5, 5.41) is 0.114. The zero-order valence-corrected chi connectivity index (χ0v) is 17.9. The van der Waals surface area contributed by atoms with Gasteiger partial charge in [0, 0.05) is 5.33 Å². The Morgan fingerprint density at radius 3 is 2.36 bits per heavy atom. The Labute approximate surface area is 171 Å². The number of aryl methyl sites for hydroxylation is 1. The molecule has 0 spiro atoms. The number of carbonyl (C=O) groups is 2. The van der Waals surface area contributed by atoms with Crippen molar-refractivity contribution in [3.63, 3.8) is 0 Å². The van der Waals surface area contributed by atoms with Crippen molar-refractivity contribution in [3.05, 3.63) is 53.5 Å². The lowest BCUT2D eigenvalue weighted by Gasteiger charge is -2.27. The number of esters is 2. The van der Waals surface area contributed by atoms with E-state index in [2.05, 4.69) is 25.4 Å². The molecule has 28 heavy (non-hydrogen) atoms. The van der Waals surface area contributed by atoms with E-state index in [4.69, 9.17) is 4.42 Å². The summed E-state index contributed by atoms with van der Waals surface area (Å²) < 4.78 is 42.1. The first kappa shape index (κ1) is 22.1. The molecule has 0 aliphatic rings. The third kappa shape index (κ3) is 4.81. The first-order valence-corrected chi connectivity index (χ1v) is 10.7. The maximum absolute atomic E-state index is 13.2. The van der Waals surface area contributed by atoms with Gasteiger partial charge in [-0.3, -0.25) is 4.79 Å². The number of rotatable bonds is 8. The van der Waals surface area contributed by atoms with Crippen molar-refractivity contribution in [3.8, 4) is 0 Å². The molecule has 0 bridgehead atoms. The number of alkyl halides is 1. The molecule has 0 aliphatic heterocycles. The third-order valence-corrected chi connectivity index (χ3v) is 6.49. The van der Waals surface area contributed by atoms with Crippen LogP contribution in [0.15, 0.2) is 45.9 Å². The zero-order valence-electron chi connectivity index (χ0n) is 15.5. The van der Waals surface area contributed by atoms with Crippen LogP contribution in [0.3, 0.4) is 0 Å². The first-order chi connectivity index (χ1) is 13.2. The van der Waals surface area contributed by atoms with Gasteiger partial charge in [-0.2, -0.15) is 4.31 Å². The van der Waals surface area contributed by atoms with Gasteiger partial charge in [-0.15, -0.1) is 0 Å². The monoisotopic (exact) mass is 473 g/mol. The second-order valence-corrected chi connectivity index (χ2v) is 8.38. The molecular formula is C18H20BrNO7S. The predicted molar refractivity (Wildman–Crippen MR) is 104 cm³/mol. The van der Waals surface area contributed by atoms with Crippen LogP contribution in [0.4, 0.5) is 0 Å². The Bertz CT molecular complexity index is 937. The number of methoxy groups -OCH3 is 2. The van der Waals surface area contributed by atoms with Gasteiger partial charge in [-0.25, -0.2) is 13.2 Å². The fourth-order valence-electron chi connectivity index (χ4n) is 2.45. The lowest BCUT2D eigenvalue weighted by Crippen LogP contribution is -2.39. The molecule has 1 aromatic heterocycles. The van der Waals surface area contributed by atoms with Crippen LogP contribution in [-0.4, -0.2) is 50.8 Å². The number of benzene rings is 1. The van der Waals surface area contributed by atoms with E-state index in [1.165, 1.54) is 38.7 Å². The summed E-state index contributed by atoms with van der Waals surface area (Å²) in [5.41, 5.74) is 1.03. The minimum Gasteiger partial charge on any atom is -0.468 e. The van der Waals surface area contributed by atoms with Gasteiger partial charge in [-0.05, 0) is 25.1 Å². The van der Waals surface area contributed by atoms with E-state index in [1.54, 1.807) is 12.1 Å². The summed E-state index contributed by atoms with van der Waals surface area (Å²) in [6.07, 6.45) is 1.17. The van der Waals surface area contributed by atoms with Crippen molar-refractivity contribution in [2.24, 2.45) is 0 Å². The molecule has 1 aromatic carbocycles. The predicted octanol–water partition coefficient (Wildman–Crippen LogP) is 2.67. The average molecular weight is 474 g/mol. The Balaban J connectivity index is 2.50. The van der Waals surface area contributed by atoms with Crippen LogP contribution in [0.5, 0.6) is 0 Å². The molecule has 1 heterocycles. The van der Waals surface area contributed by atoms with Crippen molar-refractivity contribution in [2.75, 3.05) is 26.1 Å². The molecule has 1 unspecified atom stereocenters. The van der Waals surface area contributed by atoms with E-state index in [1.807, 2.05) is 6.92 Å². The third-order valence-electron chi connectivity index (χ3n) is 4.00. The smallest absolute Gasteiger partial charge is 0.341 e. The van der Waals surface area contributed by atoms with Gasteiger partial charge in [0.2, 0.25) is 10.0 Å². The second kappa shape index (κ2) is 9.35. The highest BCUT2D eigenvalue weighted by atomic mass is 79.9. The average Bonchev–Trinajstić information content (AvgIpc) is 3.17. The molecule has 8 nitrogen and oxygen atoms in total. The van der Waals surface area contributed by atoms with Gasteiger partial charge >= 0.3 is 11.9 Å². The minimum atomic E-state index is -4.07. The first-order valence-electron chi connectivity index (χ1n) is 8.12. The minimum absolute atomic E-state index is 0.0210. The van der Waals surface area contributed by atoms with Crippen LogP contribution in [0.1, 0.15) is 27.7 Å². The van der Waals surface area contributed by atoms with Crippen LogP contribution in [0.2, 0.25) is 0 Å². The van der Waals surface area contributed by atoms with Crippen LogP contribution in [0.25, 0.3) is 0 Å². The maximum atomic E-state index is 13.2. The molecule has 10 heteroatoms. The molecule has 152 valence electrons. The van der Waals surface area contributed by atoms with E-state index in [0.717, 1.165) is 9.87 Å². The number of carbonyl (C=O) groups excluding carboxylic acids is 2. The number of nitrogens with zero attached hydrogens (tertiary/aromatic N) is 1. The molecular weight excluding hydrogens is 454 g/mol. The lowest BCUT2D eigenvalue weighted by atomic mass is 10.2. The highest BCUT2D eigenvalue weighted by molar-refractivity contribution is 9.09. The molecule has 2 aromatic rings. The number of hydrogen-bond donors (Lipinski definition) is 0. The van der Waals surface area contributed by atoms with Gasteiger partial charge in [0.05, 0.1) is 30.7 Å². The number of furan rings is 1. The number of sulfonamides is 1. The van der Waals surface area contributed by atoms with Crippen molar-refractivity contribution >= 4 is 37.9 Å². The Morgan fingerprint density at radius 1 is 1.18 bits per heavy atom. The summed E-state index contributed by atoms with van der Waals surface area (Å²) in [6.45, 7) is 1.30. The molecule has 0 radical (unpaired) electrons. The highest BCUT2D eigenvalue weighted by Crippen LogP contribution is 2.31. The second-order valence-electron chi connectivity index (χ2n) is 5.84. The summed E-state index contributed by atoms with van der Waals surface area (Å²) in [5.74, 6) is -1.18. The quantitative estimate of drug-likeness (QED) is 0.428.